The molecule has 1 N–H and O–H groups in total. The van der Waals surface area contributed by atoms with E-state index in [9.17, 15) is 9.59 Å². The second kappa shape index (κ2) is 6.17. The minimum absolute atomic E-state index is 0.0110. The lowest BCUT2D eigenvalue weighted by Gasteiger charge is -2.26. The van der Waals surface area contributed by atoms with Crippen molar-refractivity contribution in [3.8, 4) is 0 Å². The molecule has 0 unspecified atom stereocenters. The summed E-state index contributed by atoms with van der Waals surface area (Å²) in [7, 11) is 0. The van der Waals surface area contributed by atoms with E-state index in [1.165, 1.54) is 0 Å². The van der Waals surface area contributed by atoms with Gasteiger partial charge in [-0.2, -0.15) is 0 Å². The predicted molar refractivity (Wildman–Crippen MR) is 94.7 cm³/mol. The van der Waals surface area contributed by atoms with E-state index in [2.05, 4.69) is 9.97 Å². The molecular weight excluding hydrogens is 316 g/mol. The van der Waals surface area contributed by atoms with Crippen molar-refractivity contribution in [3.63, 3.8) is 0 Å². The minimum atomic E-state index is -0.222. The zero-order valence-electron chi connectivity index (χ0n) is 14.7. The summed E-state index contributed by atoms with van der Waals surface area (Å²) in [4.78, 5) is 37.0. The molecule has 2 fully saturated rings. The van der Waals surface area contributed by atoms with Crippen LogP contribution in [0, 0.1) is 5.92 Å². The molecule has 0 saturated carbocycles. The topological polar surface area (TPSA) is 69.3 Å². The molecule has 3 heterocycles. The van der Waals surface area contributed by atoms with Crippen molar-refractivity contribution < 1.29 is 9.59 Å². The molecule has 1 aromatic carbocycles. The third kappa shape index (κ3) is 2.79. The van der Waals surface area contributed by atoms with Crippen LogP contribution in [-0.2, 0) is 9.59 Å². The SMILES string of the molecule is CC(C)N1C[C@H](C(=O)N2CCC[C@H]2c2nc3ccccc3[nH]2)CC1=O. The summed E-state index contributed by atoms with van der Waals surface area (Å²) in [6, 6.07) is 8.07. The number of hydrogen-bond donors (Lipinski definition) is 1. The van der Waals surface area contributed by atoms with E-state index in [-0.39, 0.29) is 29.8 Å². The quantitative estimate of drug-likeness (QED) is 0.933. The fourth-order valence-electron chi connectivity index (χ4n) is 4.08. The zero-order chi connectivity index (χ0) is 17.6. The fourth-order valence-corrected chi connectivity index (χ4v) is 4.08. The molecule has 2 amide bonds. The van der Waals surface area contributed by atoms with Crippen molar-refractivity contribution in [1.29, 1.82) is 0 Å². The fraction of sp³-hybridized carbons (Fsp3) is 0.526. The van der Waals surface area contributed by atoms with Crippen molar-refractivity contribution in [3.05, 3.63) is 30.1 Å². The maximum absolute atomic E-state index is 13.1. The van der Waals surface area contributed by atoms with Crippen LogP contribution in [0.2, 0.25) is 0 Å². The Kier molecular flexibility index (Phi) is 3.98. The molecule has 0 radical (unpaired) electrons. The van der Waals surface area contributed by atoms with Crippen molar-refractivity contribution in [2.45, 2.75) is 45.2 Å². The Morgan fingerprint density at radius 1 is 1.32 bits per heavy atom. The van der Waals surface area contributed by atoms with Gasteiger partial charge >= 0.3 is 0 Å². The van der Waals surface area contributed by atoms with Gasteiger partial charge in [0.25, 0.3) is 0 Å². The number of fused-ring (bicyclic) bond motifs is 1. The molecule has 6 heteroatoms. The normalized spacial score (nSPS) is 24.0. The number of imidazole rings is 1. The van der Waals surface area contributed by atoms with E-state index >= 15 is 0 Å². The highest BCUT2D eigenvalue weighted by molar-refractivity contribution is 5.89. The van der Waals surface area contributed by atoms with Crippen LogP contribution in [0.1, 0.15) is 45.0 Å². The van der Waals surface area contributed by atoms with E-state index in [1.54, 1.807) is 0 Å². The number of para-hydroxylation sites is 2. The second-order valence-electron chi connectivity index (χ2n) is 7.37. The maximum Gasteiger partial charge on any atom is 0.228 e. The molecule has 2 saturated heterocycles. The summed E-state index contributed by atoms with van der Waals surface area (Å²) in [6.45, 7) is 5.28. The first-order valence-corrected chi connectivity index (χ1v) is 9.09. The molecule has 0 bridgehead atoms. The first-order chi connectivity index (χ1) is 12.0. The van der Waals surface area contributed by atoms with E-state index in [0.29, 0.717) is 13.0 Å². The van der Waals surface area contributed by atoms with Crippen LogP contribution in [0.5, 0.6) is 0 Å². The average molecular weight is 340 g/mol. The van der Waals surface area contributed by atoms with Gasteiger partial charge in [-0.15, -0.1) is 0 Å². The van der Waals surface area contributed by atoms with Crippen LogP contribution in [0.25, 0.3) is 11.0 Å². The summed E-state index contributed by atoms with van der Waals surface area (Å²) in [5.74, 6) is 0.823. The second-order valence-corrected chi connectivity index (χ2v) is 7.37. The number of nitrogens with one attached hydrogen (secondary N) is 1. The van der Waals surface area contributed by atoms with Crippen LogP contribution in [0.3, 0.4) is 0 Å². The smallest absolute Gasteiger partial charge is 0.228 e. The number of rotatable bonds is 3. The lowest BCUT2D eigenvalue weighted by atomic mass is 10.1. The van der Waals surface area contributed by atoms with Crippen LogP contribution < -0.4 is 0 Å². The number of carbonyl (C=O) groups excluding carboxylic acids is 2. The monoisotopic (exact) mass is 340 g/mol. The number of nitrogens with zero attached hydrogens (tertiary/aromatic N) is 3. The maximum atomic E-state index is 13.1. The Bertz CT molecular complexity index is 780. The summed E-state index contributed by atoms with van der Waals surface area (Å²) in [6.07, 6.45) is 2.22. The minimum Gasteiger partial charge on any atom is -0.340 e. The molecule has 0 aliphatic carbocycles. The number of H-pyrrole nitrogens is 1. The standard InChI is InChI=1S/C19H24N4O2/c1-12(2)23-11-13(10-17(23)24)19(25)22-9-5-8-16(22)18-20-14-6-3-4-7-15(14)21-18/h3-4,6-7,12-13,16H,5,8-11H2,1-2H3,(H,20,21)/t13-,16+/m1/s1. The first-order valence-electron chi connectivity index (χ1n) is 9.09. The molecule has 2 aliphatic heterocycles. The highest BCUT2D eigenvalue weighted by Crippen LogP contribution is 2.34. The van der Waals surface area contributed by atoms with E-state index in [1.807, 2.05) is 47.9 Å². The van der Waals surface area contributed by atoms with Gasteiger partial charge in [0.05, 0.1) is 23.0 Å². The Morgan fingerprint density at radius 2 is 2.12 bits per heavy atom. The number of amides is 2. The van der Waals surface area contributed by atoms with E-state index in [4.69, 9.17) is 0 Å². The molecule has 1 aromatic heterocycles. The molecule has 0 spiro atoms. The molecule has 25 heavy (non-hydrogen) atoms. The summed E-state index contributed by atoms with van der Waals surface area (Å²) < 4.78 is 0. The number of carbonyl (C=O) groups is 2. The van der Waals surface area contributed by atoms with Gasteiger partial charge in [-0.25, -0.2) is 4.98 Å². The summed E-state index contributed by atoms with van der Waals surface area (Å²) in [5.41, 5.74) is 1.93. The van der Waals surface area contributed by atoms with Gasteiger partial charge in [0.1, 0.15) is 5.82 Å². The predicted octanol–water partition coefficient (Wildman–Crippen LogP) is 2.48. The van der Waals surface area contributed by atoms with Gasteiger partial charge in [0.15, 0.2) is 0 Å². The van der Waals surface area contributed by atoms with Crippen LogP contribution in [-0.4, -0.2) is 50.7 Å². The van der Waals surface area contributed by atoms with E-state index in [0.717, 1.165) is 36.2 Å². The van der Waals surface area contributed by atoms with Crippen LogP contribution in [0.4, 0.5) is 0 Å². The molecule has 6 nitrogen and oxygen atoms in total. The molecule has 4 rings (SSSR count). The number of aromatic nitrogens is 2. The number of aromatic amines is 1. The van der Waals surface area contributed by atoms with Crippen molar-refractivity contribution in [2.75, 3.05) is 13.1 Å². The van der Waals surface area contributed by atoms with E-state index < -0.39 is 0 Å². The van der Waals surface area contributed by atoms with Crippen molar-refractivity contribution in [2.24, 2.45) is 5.92 Å². The van der Waals surface area contributed by atoms with Gasteiger partial charge < -0.3 is 14.8 Å². The Labute approximate surface area is 147 Å². The molecule has 2 aliphatic rings. The molecular formula is C19H24N4O2. The Hall–Kier alpha value is -2.37. The van der Waals surface area contributed by atoms with Crippen LogP contribution >= 0.6 is 0 Å². The molecule has 2 aromatic rings. The molecule has 132 valence electrons. The lowest BCUT2D eigenvalue weighted by Crippen LogP contribution is -2.38. The number of hydrogen-bond acceptors (Lipinski definition) is 3. The largest absolute Gasteiger partial charge is 0.340 e. The highest BCUT2D eigenvalue weighted by Gasteiger charge is 2.41. The van der Waals surface area contributed by atoms with Gasteiger partial charge in [-0.05, 0) is 38.8 Å². The third-order valence-corrected chi connectivity index (χ3v) is 5.39. The number of benzene rings is 1. The van der Waals surface area contributed by atoms with Gasteiger partial charge in [0.2, 0.25) is 11.8 Å². The molecule has 2 atom stereocenters. The average Bonchev–Trinajstić information content (AvgIpc) is 3.30. The van der Waals surface area contributed by atoms with Crippen molar-refractivity contribution in [1.82, 2.24) is 19.8 Å². The Morgan fingerprint density at radius 3 is 2.84 bits per heavy atom. The summed E-state index contributed by atoms with van der Waals surface area (Å²) >= 11 is 0. The highest BCUT2D eigenvalue weighted by atomic mass is 16.2. The summed E-state index contributed by atoms with van der Waals surface area (Å²) in [5, 5.41) is 0. The third-order valence-electron chi connectivity index (χ3n) is 5.39. The van der Waals surface area contributed by atoms with Crippen molar-refractivity contribution >= 4 is 22.8 Å². The van der Waals surface area contributed by atoms with Gasteiger partial charge in [-0.3, -0.25) is 9.59 Å². The van der Waals surface area contributed by atoms with Gasteiger partial charge in [0, 0.05) is 25.6 Å². The Balaban J connectivity index is 1.55. The first kappa shape index (κ1) is 16.1. The lowest BCUT2D eigenvalue weighted by molar-refractivity contribution is -0.136. The van der Waals surface area contributed by atoms with Crippen LogP contribution in [0.15, 0.2) is 24.3 Å². The zero-order valence-corrected chi connectivity index (χ0v) is 14.7. The van der Waals surface area contributed by atoms with Gasteiger partial charge in [-0.1, -0.05) is 12.1 Å². The number of likely N-dealkylation sites (tertiary alicyclic amines) is 2.